The molecule has 4 aromatic rings. The molecule has 0 fully saturated rings. The number of amides is 1. The zero-order chi connectivity index (χ0) is 20.7. The van der Waals surface area contributed by atoms with Crippen molar-refractivity contribution in [3.63, 3.8) is 0 Å². The summed E-state index contributed by atoms with van der Waals surface area (Å²) in [5, 5.41) is 14.6. The molecule has 1 aromatic carbocycles. The number of hydrogen-bond acceptors (Lipinski definition) is 6. The second kappa shape index (κ2) is 7.18. The van der Waals surface area contributed by atoms with E-state index in [1.165, 1.54) is 0 Å². The van der Waals surface area contributed by atoms with Crippen molar-refractivity contribution in [2.45, 2.75) is 19.9 Å². The van der Waals surface area contributed by atoms with E-state index in [0.29, 0.717) is 52.8 Å². The van der Waals surface area contributed by atoms with Crippen molar-refractivity contribution in [1.29, 1.82) is 0 Å². The number of ether oxygens (including phenoxy) is 2. The maximum absolute atomic E-state index is 13.1. The van der Waals surface area contributed by atoms with Gasteiger partial charge in [-0.25, -0.2) is 9.67 Å². The number of rotatable bonds is 4. The van der Waals surface area contributed by atoms with Crippen LogP contribution in [0.4, 0.5) is 5.82 Å². The van der Waals surface area contributed by atoms with Gasteiger partial charge in [-0.1, -0.05) is 0 Å². The summed E-state index contributed by atoms with van der Waals surface area (Å²) in [6.45, 7) is 5.08. The number of benzene rings is 1. The zero-order valence-electron chi connectivity index (χ0n) is 16.5. The van der Waals surface area contributed by atoms with Gasteiger partial charge in [-0.2, -0.15) is 10.2 Å². The lowest BCUT2D eigenvalue weighted by atomic mass is 10.1. The molecule has 0 bridgehead atoms. The van der Waals surface area contributed by atoms with E-state index < -0.39 is 0 Å². The molecule has 0 radical (unpaired) electrons. The van der Waals surface area contributed by atoms with Crippen LogP contribution < -0.4 is 14.8 Å². The molecule has 0 saturated carbocycles. The van der Waals surface area contributed by atoms with Crippen LogP contribution in [0.2, 0.25) is 0 Å². The molecule has 3 aromatic heterocycles. The van der Waals surface area contributed by atoms with Gasteiger partial charge in [-0.05, 0) is 38.1 Å². The second-order valence-electron chi connectivity index (χ2n) is 7.26. The highest BCUT2D eigenvalue weighted by Crippen LogP contribution is 2.35. The number of aromatic nitrogens is 5. The van der Waals surface area contributed by atoms with E-state index in [0.717, 1.165) is 5.56 Å². The largest absolute Gasteiger partial charge is 0.486 e. The van der Waals surface area contributed by atoms with Crippen LogP contribution in [0.25, 0.3) is 22.3 Å². The summed E-state index contributed by atoms with van der Waals surface area (Å²) in [6, 6.07) is 9.21. The van der Waals surface area contributed by atoms with E-state index in [2.05, 4.69) is 20.6 Å². The van der Waals surface area contributed by atoms with E-state index in [9.17, 15) is 4.79 Å². The van der Waals surface area contributed by atoms with Crippen molar-refractivity contribution < 1.29 is 14.3 Å². The first kappa shape index (κ1) is 18.2. The topological polar surface area (TPSA) is 107 Å². The molecule has 4 heterocycles. The normalized spacial score (nSPS) is 13.0. The van der Waals surface area contributed by atoms with Crippen LogP contribution in [0, 0.1) is 0 Å². The summed E-state index contributed by atoms with van der Waals surface area (Å²) in [5.41, 5.74) is 2.60. The fourth-order valence-electron chi connectivity index (χ4n) is 3.45. The molecule has 1 aliphatic heterocycles. The van der Waals surface area contributed by atoms with Gasteiger partial charge in [0.05, 0.1) is 29.0 Å². The lowest BCUT2D eigenvalue weighted by molar-refractivity contribution is 0.102. The number of carbonyl (C=O) groups is 1. The van der Waals surface area contributed by atoms with Gasteiger partial charge in [0.1, 0.15) is 19.0 Å². The molecule has 1 aliphatic rings. The van der Waals surface area contributed by atoms with Gasteiger partial charge in [0.2, 0.25) is 0 Å². The Bertz CT molecular complexity index is 1230. The van der Waals surface area contributed by atoms with Crippen LogP contribution in [-0.4, -0.2) is 44.1 Å². The smallest absolute Gasteiger partial charge is 0.257 e. The lowest BCUT2D eigenvalue weighted by Crippen LogP contribution is -2.15. The highest BCUT2D eigenvalue weighted by molar-refractivity contribution is 6.12. The van der Waals surface area contributed by atoms with Crippen LogP contribution in [-0.2, 0) is 0 Å². The summed E-state index contributed by atoms with van der Waals surface area (Å²) in [4.78, 5) is 17.9. The number of H-pyrrole nitrogens is 1. The minimum atomic E-state index is -0.270. The maximum Gasteiger partial charge on any atom is 0.257 e. The third-order valence-corrected chi connectivity index (χ3v) is 4.89. The third kappa shape index (κ3) is 3.14. The quantitative estimate of drug-likeness (QED) is 0.540. The average Bonchev–Trinajstić information content (AvgIpc) is 3.42. The molecule has 0 atom stereocenters. The number of nitrogens with one attached hydrogen (secondary N) is 2. The van der Waals surface area contributed by atoms with Crippen LogP contribution >= 0.6 is 0 Å². The first-order valence-corrected chi connectivity index (χ1v) is 9.69. The average molecular weight is 404 g/mol. The van der Waals surface area contributed by atoms with E-state index in [1.54, 1.807) is 24.5 Å². The number of fused-ring (bicyclic) bond motifs is 2. The number of aromatic amines is 1. The number of nitrogens with zero attached hydrogens (tertiary/aromatic N) is 4. The van der Waals surface area contributed by atoms with Crippen molar-refractivity contribution in [2.75, 3.05) is 18.5 Å². The monoisotopic (exact) mass is 404 g/mol. The van der Waals surface area contributed by atoms with Crippen LogP contribution in [0.15, 0.2) is 42.7 Å². The molecule has 5 rings (SSSR count). The van der Waals surface area contributed by atoms with E-state index in [4.69, 9.17) is 14.5 Å². The summed E-state index contributed by atoms with van der Waals surface area (Å²) in [7, 11) is 0. The number of hydrogen-bond donors (Lipinski definition) is 2. The van der Waals surface area contributed by atoms with Gasteiger partial charge in [-0.3, -0.25) is 9.89 Å². The van der Waals surface area contributed by atoms with Crippen molar-refractivity contribution in [3.05, 3.63) is 48.3 Å². The Labute approximate surface area is 172 Å². The minimum Gasteiger partial charge on any atom is -0.486 e. The van der Waals surface area contributed by atoms with Crippen molar-refractivity contribution in [3.8, 4) is 22.8 Å². The Balaban J connectivity index is 1.65. The van der Waals surface area contributed by atoms with Crippen LogP contribution in [0.3, 0.4) is 0 Å². The van der Waals surface area contributed by atoms with Crippen molar-refractivity contribution >= 4 is 22.8 Å². The van der Waals surface area contributed by atoms with Gasteiger partial charge >= 0.3 is 0 Å². The third-order valence-electron chi connectivity index (χ3n) is 4.89. The van der Waals surface area contributed by atoms with Crippen LogP contribution in [0.5, 0.6) is 11.5 Å². The Morgan fingerprint density at radius 3 is 2.77 bits per heavy atom. The van der Waals surface area contributed by atoms with Gasteiger partial charge in [0, 0.05) is 17.7 Å². The Morgan fingerprint density at radius 2 is 2.00 bits per heavy atom. The minimum absolute atomic E-state index is 0.0917. The van der Waals surface area contributed by atoms with Gasteiger partial charge < -0.3 is 14.8 Å². The number of anilines is 1. The summed E-state index contributed by atoms with van der Waals surface area (Å²) < 4.78 is 13.1. The Morgan fingerprint density at radius 1 is 1.17 bits per heavy atom. The molecular formula is C21H20N6O3. The SMILES string of the molecule is CC(C)n1ncc2c(C(=O)Nc3ccn[nH]3)cc(-c3ccc4c(c3)OCCO4)nc21. The van der Waals surface area contributed by atoms with Crippen molar-refractivity contribution in [1.82, 2.24) is 25.0 Å². The Kier molecular flexibility index (Phi) is 4.35. The molecule has 9 heteroatoms. The zero-order valence-corrected chi connectivity index (χ0v) is 16.5. The Hall–Kier alpha value is -3.88. The number of carbonyl (C=O) groups excluding carboxylic acids is 1. The second-order valence-corrected chi connectivity index (χ2v) is 7.26. The molecule has 9 nitrogen and oxygen atoms in total. The predicted octanol–water partition coefficient (Wildman–Crippen LogP) is 3.43. The van der Waals surface area contributed by atoms with Gasteiger partial charge in [0.15, 0.2) is 17.1 Å². The first-order chi connectivity index (χ1) is 14.6. The maximum atomic E-state index is 13.1. The molecule has 30 heavy (non-hydrogen) atoms. The number of pyridine rings is 1. The predicted molar refractivity (Wildman–Crippen MR) is 111 cm³/mol. The highest BCUT2D eigenvalue weighted by atomic mass is 16.6. The summed E-state index contributed by atoms with van der Waals surface area (Å²) >= 11 is 0. The molecule has 2 N–H and O–H groups in total. The van der Waals surface area contributed by atoms with E-state index in [-0.39, 0.29) is 11.9 Å². The molecule has 0 aliphatic carbocycles. The van der Waals surface area contributed by atoms with E-state index >= 15 is 0 Å². The van der Waals surface area contributed by atoms with Crippen molar-refractivity contribution in [2.24, 2.45) is 0 Å². The molecule has 0 spiro atoms. The summed E-state index contributed by atoms with van der Waals surface area (Å²) in [6.07, 6.45) is 3.26. The van der Waals surface area contributed by atoms with Crippen LogP contribution in [0.1, 0.15) is 30.2 Å². The highest BCUT2D eigenvalue weighted by Gasteiger charge is 2.20. The first-order valence-electron chi connectivity index (χ1n) is 9.69. The molecule has 0 saturated heterocycles. The fraction of sp³-hybridized carbons (Fsp3) is 0.238. The molecule has 0 unspecified atom stereocenters. The molecular weight excluding hydrogens is 384 g/mol. The standard InChI is InChI=1S/C21H20N6O3/c1-12(2)27-20-15(11-23-27)14(21(28)25-19-5-6-22-26-19)10-16(24-20)13-3-4-17-18(9-13)30-8-7-29-17/h3-6,9-12H,7-8H2,1-2H3,(H2,22,25,26,28). The summed E-state index contributed by atoms with van der Waals surface area (Å²) in [5.74, 6) is 1.62. The van der Waals surface area contributed by atoms with E-state index in [1.807, 2.05) is 36.7 Å². The molecule has 1 amide bonds. The van der Waals surface area contributed by atoms with Gasteiger partial charge in [0.25, 0.3) is 5.91 Å². The molecule has 152 valence electrons. The lowest BCUT2D eigenvalue weighted by Gasteiger charge is -2.19. The van der Waals surface area contributed by atoms with Gasteiger partial charge in [-0.15, -0.1) is 0 Å². The fourth-order valence-corrected chi connectivity index (χ4v) is 3.45.